The van der Waals surface area contributed by atoms with Crippen molar-refractivity contribution in [2.45, 2.75) is 25.8 Å². The van der Waals surface area contributed by atoms with E-state index in [-0.39, 0.29) is 18.6 Å². The Morgan fingerprint density at radius 2 is 2.08 bits per heavy atom. The number of hydrogen-bond acceptors (Lipinski definition) is 3. The van der Waals surface area contributed by atoms with Crippen molar-refractivity contribution in [2.24, 2.45) is 5.92 Å². The number of hydrogen-bond donors (Lipinski definition) is 2. The van der Waals surface area contributed by atoms with Crippen LogP contribution in [0.1, 0.15) is 31.4 Å². The first-order chi connectivity index (χ1) is 12.0. The summed E-state index contributed by atoms with van der Waals surface area (Å²) in [6.07, 6.45) is 4.94. The second kappa shape index (κ2) is 7.38. The van der Waals surface area contributed by atoms with Gasteiger partial charge in [0.15, 0.2) is 0 Å². The number of carbonyl (C=O) groups excluding carboxylic acids is 1. The van der Waals surface area contributed by atoms with Crippen molar-refractivity contribution in [1.29, 1.82) is 0 Å². The molecule has 1 aromatic heterocycles. The number of urea groups is 1. The van der Waals surface area contributed by atoms with Crippen LogP contribution in [0, 0.1) is 5.92 Å². The van der Waals surface area contributed by atoms with Gasteiger partial charge >= 0.3 is 12.0 Å². The maximum Gasteiger partial charge on any atom is 0.317 e. The quantitative estimate of drug-likeness (QED) is 0.893. The van der Waals surface area contributed by atoms with E-state index in [1.165, 1.54) is 0 Å². The summed E-state index contributed by atoms with van der Waals surface area (Å²) < 4.78 is 1.77. The van der Waals surface area contributed by atoms with Gasteiger partial charge in [0.05, 0.1) is 17.6 Å². The van der Waals surface area contributed by atoms with Crippen LogP contribution in [0.3, 0.4) is 0 Å². The monoisotopic (exact) mass is 342 g/mol. The minimum Gasteiger partial charge on any atom is -0.481 e. The second-order valence-corrected chi connectivity index (χ2v) is 6.34. The van der Waals surface area contributed by atoms with Crippen molar-refractivity contribution < 1.29 is 14.7 Å². The van der Waals surface area contributed by atoms with Crippen molar-refractivity contribution in [2.75, 3.05) is 13.1 Å². The summed E-state index contributed by atoms with van der Waals surface area (Å²) in [5.74, 6) is -1.30. The Balaban J connectivity index is 1.60. The number of likely N-dealkylation sites (tertiary alicyclic amines) is 1. The van der Waals surface area contributed by atoms with Gasteiger partial charge in [-0.15, -0.1) is 0 Å². The molecule has 0 radical (unpaired) electrons. The molecule has 7 nitrogen and oxygen atoms in total. The predicted molar refractivity (Wildman–Crippen MR) is 92.4 cm³/mol. The second-order valence-electron chi connectivity index (χ2n) is 6.34. The lowest BCUT2D eigenvalue weighted by molar-refractivity contribution is -0.143. The zero-order valence-corrected chi connectivity index (χ0v) is 14.1. The Morgan fingerprint density at radius 1 is 1.32 bits per heavy atom. The van der Waals surface area contributed by atoms with Gasteiger partial charge in [-0.2, -0.15) is 5.10 Å². The van der Waals surface area contributed by atoms with Gasteiger partial charge in [-0.3, -0.25) is 4.79 Å². The lowest BCUT2D eigenvalue weighted by Crippen LogP contribution is -2.47. The van der Waals surface area contributed by atoms with Gasteiger partial charge < -0.3 is 15.3 Å². The normalized spacial score (nSPS) is 18.6. The SMILES string of the molecule is CC(NC(=O)N1CCCC(C(=O)O)C1)c1ccc(-n2cccn2)cc1. The van der Waals surface area contributed by atoms with Crippen LogP contribution in [0.15, 0.2) is 42.7 Å². The fourth-order valence-electron chi connectivity index (χ4n) is 3.06. The minimum absolute atomic E-state index is 0.163. The molecule has 2 amide bonds. The topological polar surface area (TPSA) is 87.5 Å². The van der Waals surface area contributed by atoms with E-state index in [4.69, 9.17) is 5.11 Å². The summed E-state index contributed by atoms with van der Waals surface area (Å²) in [4.78, 5) is 25.1. The fraction of sp³-hybridized carbons (Fsp3) is 0.389. The highest BCUT2D eigenvalue weighted by Crippen LogP contribution is 2.19. The highest BCUT2D eigenvalue weighted by Gasteiger charge is 2.28. The van der Waals surface area contributed by atoms with Crippen LogP contribution < -0.4 is 5.32 Å². The number of rotatable bonds is 4. The first-order valence-corrected chi connectivity index (χ1v) is 8.43. The van der Waals surface area contributed by atoms with Crippen LogP contribution in [0.5, 0.6) is 0 Å². The summed E-state index contributed by atoms with van der Waals surface area (Å²) in [7, 11) is 0. The molecule has 2 heterocycles. The Kier molecular flexibility index (Phi) is 5.02. The molecule has 1 saturated heterocycles. The van der Waals surface area contributed by atoms with Crippen LogP contribution in [-0.4, -0.2) is 44.9 Å². The van der Waals surface area contributed by atoms with E-state index >= 15 is 0 Å². The lowest BCUT2D eigenvalue weighted by atomic mass is 9.98. The third kappa shape index (κ3) is 3.99. The van der Waals surface area contributed by atoms with Gasteiger partial charge in [-0.25, -0.2) is 9.48 Å². The van der Waals surface area contributed by atoms with Gasteiger partial charge in [0.1, 0.15) is 0 Å². The van der Waals surface area contributed by atoms with Crippen molar-refractivity contribution in [1.82, 2.24) is 20.0 Å². The number of piperidine rings is 1. The molecule has 0 spiro atoms. The molecule has 3 rings (SSSR count). The van der Waals surface area contributed by atoms with E-state index in [0.29, 0.717) is 13.0 Å². The highest BCUT2D eigenvalue weighted by molar-refractivity contribution is 5.77. The number of benzene rings is 1. The van der Waals surface area contributed by atoms with Gasteiger partial charge in [-0.05, 0) is 43.5 Å². The Morgan fingerprint density at radius 3 is 2.72 bits per heavy atom. The molecule has 2 unspecified atom stereocenters. The molecular formula is C18H22N4O3. The lowest BCUT2D eigenvalue weighted by Gasteiger charge is -2.31. The third-order valence-electron chi connectivity index (χ3n) is 4.56. The van der Waals surface area contributed by atoms with Crippen LogP contribution >= 0.6 is 0 Å². The summed E-state index contributed by atoms with van der Waals surface area (Å²) in [5.41, 5.74) is 1.93. The van der Waals surface area contributed by atoms with Crippen molar-refractivity contribution >= 4 is 12.0 Å². The maximum atomic E-state index is 12.4. The number of carbonyl (C=O) groups is 2. The zero-order valence-electron chi connectivity index (χ0n) is 14.1. The molecule has 25 heavy (non-hydrogen) atoms. The molecule has 132 valence electrons. The number of aliphatic carboxylic acids is 1. The van der Waals surface area contributed by atoms with E-state index in [9.17, 15) is 9.59 Å². The standard InChI is InChI=1S/C18H22N4O3/c1-13(14-5-7-16(8-6-14)22-11-3-9-19-22)20-18(25)21-10-2-4-15(12-21)17(23)24/h3,5-9,11,13,15H,2,4,10,12H2,1H3,(H,20,25)(H,23,24). The number of nitrogens with one attached hydrogen (secondary N) is 1. The first kappa shape index (κ1) is 17.0. The number of amides is 2. The fourth-order valence-corrected chi connectivity index (χ4v) is 3.06. The average molecular weight is 342 g/mol. The molecule has 0 bridgehead atoms. The van der Waals surface area contributed by atoms with Crippen LogP contribution in [0.4, 0.5) is 4.79 Å². The number of aromatic nitrogens is 2. The molecule has 0 saturated carbocycles. The number of nitrogens with zero attached hydrogens (tertiary/aromatic N) is 3. The molecule has 2 N–H and O–H groups in total. The van der Waals surface area contributed by atoms with E-state index < -0.39 is 11.9 Å². The number of carboxylic acid groups (broad SMARTS) is 1. The predicted octanol–water partition coefficient (Wildman–Crippen LogP) is 2.44. The Labute approximate surface area is 146 Å². The molecule has 1 aliphatic rings. The summed E-state index contributed by atoms with van der Waals surface area (Å²) >= 11 is 0. The van der Waals surface area contributed by atoms with Gasteiger partial charge in [0.2, 0.25) is 0 Å². The molecule has 1 fully saturated rings. The van der Waals surface area contributed by atoms with E-state index in [2.05, 4.69) is 10.4 Å². The Hall–Kier alpha value is -2.83. The van der Waals surface area contributed by atoms with Gasteiger partial charge in [-0.1, -0.05) is 12.1 Å². The van der Waals surface area contributed by atoms with Gasteiger partial charge in [0.25, 0.3) is 0 Å². The van der Waals surface area contributed by atoms with Crippen LogP contribution in [0.25, 0.3) is 5.69 Å². The summed E-state index contributed by atoms with van der Waals surface area (Å²) in [6, 6.07) is 9.30. The zero-order chi connectivity index (χ0) is 17.8. The molecular weight excluding hydrogens is 320 g/mol. The maximum absolute atomic E-state index is 12.4. The van der Waals surface area contributed by atoms with Crippen molar-refractivity contribution in [3.63, 3.8) is 0 Å². The summed E-state index contributed by atoms with van der Waals surface area (Å²) in [6.45, 7) is 2.78. The molecule has 1 aliphatic heterocycles. The average Bonchev–Trinajstić information content (AvgIpc) is 3.16. The van der Waals surface area contributed by atoms with E-state index in [0.717, 1.165) is 17.7 Å². The minimum atomic E-state index is -0.834. The third-order valence-corrected chi connectivity index (χ3v) is 4.56. The van der Waals surface area contributed by atoms with E-state index in [1.54, 1.807) is 15.8 Å². The first-order valence-electron chi connectivity index (χ1n) is 8.43. The molecule has 7 heteroatoms. The smallest absolute Gasteiger partial charge is 0.317 e. The summed E-state index contributed by atoms with van der Waals surface area (Å²) in [5, 5.41) is 16.3. The van der Waals surface area contributed by atoms with Crippen molar-refractivity contribution in [3.05, 3.63) is 48.3 Å². The van der Waals surface area contributed by atoms with Crippen LogP contribution in [0.2, 0.25) is 0 Å². The molecule has 0 aliphatic carbocycles. The number of carboxylic acids is 1. The van der Waals surface area contributed by atoms with Crippen LogP contribution in [-0.2, 0) is 4.79 Å². The Bertz CT molecular complexity index is 727. The van der Waals surface area contributed by atoms with E-state index in [1.807, 2.05) is 43.5 Å². The molecule has 2 atom stereocenters. The largest absolute Gasteiger partial charge is 0.481 e. The van der Waals surface area contributed by atoms with Gasteiger partial charge in [0, 0.05) is 25.5 Å². The molecule has 1 aromatic carbocycles. The highest BCUT2D eigenvalue weighted by atomic mass is 16.4. The molecule has 2 aromatic rings. The van der Waals surface area contributed by atoms with Crippen molar-refractivity contribution in [3.8, 4) is 5.69 Å².